The zero-order valence-corrected chi connectivity index (χ0v) is 11.7. The lowest BCUT2D eigenvalue weighted by molar-refractivity contribution is 1.22. The zero-order valence-electron chi connectivity index (χ0n) is 10.1. The standard InChI is InChI=1S/C14H14ClNS/c1-8-9(2)13-11-6-4-5-7-12(11)16-14(13)17(15)10(8)3/h4-7,16H,1-3H3. The van der Waals surface area contributed by atoms with Crippen LogP contribution >= 0.6 is 20.4 Å². The number of hydrogen-bond donors (Lipinski definition) is 1. The second-order valence-corrected chi connectivity index (χ2v) is 6.90. The number of allylic oxidation sites excluding steroid dienone is 2. The summed E-state index contributed by atoms with van der Waals surface area (Å²) in [4.78, 5) is 4.75. The number of hydrogen-bond acceptors (Lipinski definition) is 0. The first-order chi connectivity index (χ1) is 8.11. The molecule has 1 N–H and O–H groups in total. The maximum absolute atomic E-state index is 6.55. The van der Waals surface area contributed by atoms with E-state index in [1.807, 2.05) is 0 Å². The fourth-order valence-electron chi connectivity index (χ4n) is 2.36. The van der Waals surface area contributed by atoms with Crippen LogP contribution in [-0.2, 0) is 0 Å². The van der Waals surface area contributed by atoms with Crippen molar-refractivity contribution in [2.24, 2.45) is 0 Å². The SMILES string of the molecule is CC1=C(C)c2c([nH]c3ccccc23)S(Cl)=C1C. The van der Waals surface area contributed by atoms with E-state index in [1.54, 1.807) is 0 Å². The molecular formula is C14H14ClNS. The van der Waals surface area contributed by atoms with Crippen molar-refractivity contribution < 1.29 is 0 Å². The van der Waals surface area contributed by atoms with Crippen molar-refractivity contribution in [3.8, 4) is 0 Å². The number of fused-ring (bicyclic) bond motifs is 3. The van der Waals surface area contributed by atoms with E-state index < -0.39 is 0 Å². The van der Waals surface area contributed by atoms with Gasteiger partial charge >= 0.3 is 0 Å². The molecule has 0 radical (unpaired) electrons. The van der Waals surface area contributed by atoms with Gasteiger partial charge in [0.15, 0.2) is 0 Å². The molecule has 1 aromatic heterocycles. The number of aromatic nitrogens is 1. The number of aromatic amines is 1. The van der Waals surface area contributed by atoms with Crippen LogP contribution in [0.4, 0.5) is 0 Å². The number of H-pyrrole nitrogens is 1. The first kappa shape index (κ1) is 11.1. The van der Waals surface area contributed by atoms with Crippen LogP contribution in [0.3, 0.4) is 0 Å². The Morgan fingerprint density at radius 2 is 1.76 bits per heavy atom. The summed E-state index contributed by atoms with van der Waals surface area (Å²) >= 11 is 0. The van der Waals surface area contributed by atoms with Crippen molar-refractivity contribution in [3.05, 3.63) is 35.4 Å². The number of rotatable bonds is 0. The Hall–Kier alpha value is -0.990. The van der Waals surface area contributed by atoms with Gasteiger partial charge in [0, 0.05) is 16.5 Å². The van der Waals surface area contributed by atoms with Crippen LogP contribution in [0.5, 0.6) is 0 Å². The summed E-state index contributed by atoms with van der Waals surface area (Å²) < 4.78 is 0. The maximum Gasteiger partial charge on any atom is 0.0900 e. The van der Waals surface area contributed by atoms with Crippen molar-refractivity contribution in [2.75, 3.05) is 0 Å². The van der Waals surface area contributed by atoms with Gasteiger partial charge in [0.2, 0.25) is 0 Å². The van der Waals surface area contributed by atoms with E-state index in [0.717, 1.165) is 0 Å². The Bertz CT molecular complexity index is 691. The van der Waals surface area contributed by atoms with Crippen LogP contribution in [0.2, 0.25) is 0 Å². The largest absolute Gasteiger partial charge is 0.349 e. The molecule has 0 aliphatic carbocycles. The lowest BCUT2D eigenvalue weighted by Gasteiger charge is -2.18. The summed E-state index contributed by atoms with van der Waals surface area (Å²) in [6.07, 6.45) is 0. The molecule has 17 heavy (non-hydrogen) atoms. The normalized spacial score (nSPS) is 20.0. The Morgan fingerprint density at radius 1 is 1.06 bits per heavy atom. The number of benzene rings is 1. The van der Waals surface area contributed by atoms with Gasteiger partial charge in [0.1, 0.15) is 0 Å². The quantitative estimate of drug-likeness (QED) is 0.648. The summed E-state index contributed by atoms with van der Waals surface area (Å²) in [5, 5.41) is 2.46. The minimum atomic E-state index is -0.318. The molecule has 0 amide bonds. The van der Waals surface area contributed by atoms with Gasteiger partial charge < -0.3 is 4.98 Å². The second kappa shape index (κ2) is 3.76. The highest BCUT2D eigenvalue weighted by atomic mass is 35.7. The van der Waals surface area contributed by atoms with Crippen LogP contribution < -0.4 is 0 Å². The van der Waals surface area contributed by atoms with Crippen LogP contribution in [-0.4, -0.2) is 9.85 Å². The summed E-state index contributed by atoms with van der Waals surface area (Å²) in [7, 11) is 6.24. The van der Waals surface area contributed by atoms with E-state index in [9.17, 15) is 0 Å². The molecule has 1 atom stereocenters. The van der Waals surface area contributed by atoms with Crippen molar-refractivity contribution >= 4 is 41.7 Å². The van der Waals surface area contributed by atoms with Gasteiger partial charge in [-0.1, -0.05) is 18.2 Å². The molecule has 88 valence electrons. The topological polar surface area (TPSA) is 15.8 Å². The predicted octanol–water partition coefficient (Wildman–Crippen LogP) is 4.95. The van der Waals surface area contributed by atoms with Gasteiger partial charge in [-0.05, 0) is 63.2 Å². The Morgan fingerprint density at radius 3 is 2.53 bits per heavy atom. The maximum atomic E-state index is 6.55. The predicted molar refractivity (Wildman–Crippen MR) is 79.0 cm³/mol. The van der Waals surface area contributed by atoms with Crippen molar-refractivity contribution in [1.82, 2.24) is 4.98 Å². The van der Waals surface area contributed by atoms with Crippen molar-refractivity contribution in [1.29, 1.82) is 0 Å². The van der Waals surface area contributed by atoms with E-state index in [1.165, 1.54) is 37.5 Å². The monoisotopic (exact) mass is 263 g/mol. The lowest BCUT2D eigenvalue weighted by Crippen LogP contribution is -2.02. The van der Waals surface area contributed by atoms with Crippen LogP contribution in [0.1, 0.15) is 26.3 Å². The third kappa shape index (κ3) is 1.44. The molecule has 1 nitrogen and oxygen atoms in total. The summed E-state index contributed by atoms with van der Waals surface area (Å²) in [5.41, 5.74) is 5.17. The second-order valence-electron chi connectivity index (χ2n) is 4.44. The molecule has 0 spiro atoms. The van der Waals surface area contributed by atoms with Gasteiger partial charge in [0.05, 0.1) is 5.03 Å². The molecule has 0 bridgehead atoms. The fraction of sp³-hybridized carbons (Fsp3) is 0.214. The Labute approximate surface area is 108 Å². The number of nitrogens with one attached hydrogen (secondary N) is 1. The van der Waals surface area contributed by atoms with E-state index >= 15 is 0 Å². The highest BCUT2D eigenvalue weighted by Gasteiger charge is 2.22. The van der Waals surface area contributed by atoms with Crippen LogP contribution in [0.25, 0.3) is 16.5 Å². The van der Waals surface area contributed by atoms with Crippen molar-refractivity contribution in [3.63, 3.8) is 0 Å². The molecule has 2 aromatic rings. The molecule has 1 aliphatic rings. The van der Waals surface area contributed by atoms with Gasteiger partial charge in [-0.25, -0.2) is 0 Å². The highest BCUT2D eigenvalue weighted by molar-refractivity contribution is 8.35. The minimum Gasteiger partial charge on any atom is -0.349 e. The van der Waals surface area contributed by atoms with Crippen LogP contribution in [0.15, 0.2) is 34.9 Å². The molecule has 0 saturated carbocycles. The summed E-state index contributed by atoms with van der Waals surface area (Å²) in [6.45, 7) is 6.48. The van der Waals surface area contributed by atoms with E-state index in [-0.39, 0.29) is 9.70 Å². The molecule has 0 saturated heterocycles. The van der Waals surface area contributed by atoms with E-state index in [2.05, 4.69) is 50.0 Å². The first-order valence-corrected chi connectivity index (χ1v) is 7.69. The molecule has 3 rings (SSSR count). The molecule has 1 aromatic carbocycles. The van der Waals surface area contributed by atoms with Gasteiger partial charge in [-0.3, -0.25) is 0 Å². The third-order valence-corrected chi connectivity index (χ3v) is 6.25. The average molecular weight is 264 g/mol. The van der Waals surface area contributed by atoms with Gasteiger partial charge in [0.25, 0.3) is 0 Å². The smallest absolute Gasteiger partial charge is 0.0900 e. The fourth-order valence-corrected chi connectivity index (χ4v) is 4.43. The molecule has 1 aliphatic heterocycles. The average Bonchev–Trinajstić information content (AvgIpc) is 2.73. The highest BCUT2D eigenvalue weighted by Crippen LogP contribution is 2.46. The minimum absolute atomic E-state index is 0.318. The van der Waals surface area contributed by atoms with Gasteiger partial charge in [-0.2, -0.15) is 0 Å². The summed E-state index contributed by atoms with van der Waals surface area (Å²) in [6, 6.07) is 8.41. The Kier molecular flexibility index (Phi) is 2.46. The summed E-state index contributed by atoms with van der Waals surface area (Å²) in [5.74, 6) is 0. The number of halogens is 1. The van der Waals surface area contributed by atoms with E-state index in [0.29, 0.717) is 0 Å². The van der Waals surface area contributed by atoms with E-state index in [4.69, 9.17) is 10.7 Å². The van der Waals surface area contributed by atoms with Gasteiger partial charge in [-0.15, -0.1) is 0 Å². The van der Waals surface area contributed by atoms with Crippen LogP contribution in [0, 0.1) is 0 Å². The molecule has 2 heterocycles. The third-order valence-electron chi connectivity index (χ3n) is 3.59. The molecule has 3 heteroatoms. The zero-order chi connectivity index (χ0) is 12.2. The molecule has 1 unspecified atom stereocenters. The number of para-hydroxylation sites is 1. The lowest BCUT2D eigenvalue weighted by atomic mass is 10.00. The molecule has 0 fully saturated rings. The Balaban J connectivity index is 2.50. The van der Waals surface area contributed by atoms with Crippen molar-refractivity contribution in [2.45, 2.75) is 25.8 Å². The molecular weight excluding hydrogens is 250 g/mol. The first-order valence-electron chi connectivity index (χ1n) is 5.64.